The molecule has 2 unspecified atom stereocenters. The lowest BCUT2D eigenvalue weighted by atomic mass is 10.1. The molecule has 0 aliphatic heterocycles. The van der Waals surface area contributed by atoms with Gasteiger partial charge in [0.15, 0.2) is 0 Å². The van der Waals surface area contributed by atoms with Crippen LogP contribution in [0.5, 0.6) is 0 Å². The molecule has 0 spiro atoms. The van der Waals surface area contributed by atoms with Crippen molar-refractivity contribution in [1.82, 2.24) is 5.32 Å². The zero-order chi connectivity index (χ0) is 15.9. The van der Waals surface area contributed by atoms with Crippen LogP contribution in [-0.4, -0.2) is 17.2 Å². The van der Waals surface area contributed by atoms with Crippen molar-refractivity contribution in [2.45, 2.75) is 38.8 Å². The Morgan fingerprint density at radius 1 is 1.32 bits per heavy atom. The summed E-state index contributed by atoms with van der Waals surface area (Å²) in [5, 5.41) is 15.6. The van der Waals surface area contributed by atoms with Crippen LogP contribution in [0.1, 0.15) is 37.7 Å². The van der Waals surface area contributed by atoms with E-state index in [1.54, 1.807) is 12.1 Å². The van der Waals surface area contributed by atoms with Gasteiger partial charge in [-0.15, -0.1) is 0 Å². The number of rotatable bonds is 6. The Bertz CT molecular complexity index is 596. The van der Waals surface area contributed by atoms with Crippen LogP contribution < -0.4 is 10.6 Å². The van der Waals surface area contributed by atoms with Crippen LogP contribution in [0.25, 0.3) is 0 Å². The van der Waals surface area contributed by atoms with Crippen molar-refractivity contribution in [3.05, 3.63) is 54.0 Å². The van der Waals surface area contributed by atoms with Gasteiger partial charge >= 0.3 is 6.03 Å². The topological polar surface area (TPSA) is 74.5 Å². The fourth-order valence-corrected chi connectivity index (χ4v) is 2.25. The fraction of sp³-hybridized carbons (Fsp3) is 0.353. The molecule has 5 nitrogen and oxygen atoms in total. The minimum absolute atomic E-state index is 0.186. The van der Waals surface area contributed by atoms with Crippen molar-refractivity contribution >= 4 is 11.7 Å². The number of nitrogens with one attached hydrogen (secondary N) is 2. The van der Waals surface area contributed by atoms with E-state index in [1.165, 1.54) is 11.8 Å². The lowest BCUT2D eigenvalue weighted by molar-refractivity contribution is 0.130. The van der Waals surface area contributed by atoms with Crippen molar-refractivity contribution in [2.75, 3.05) is 5.32 Å². The molecule has 1 aromatic carbocycles. The minimum Gasteiger partial charge on any atom is -0.467 e. The van der Waals surface area contributed by atoms with Gasteiger partial charge in [-0.3, -0.25) is 0 Å². The second kappa shape index (κ2) is 7.66. The highest BCUT2D eigenvalue weighted by molar-refractivity contribution is 5.89. The summed E-state index contributed by atoms with van der Waals surface area (Å²) in [5.41, 5.74) is 1.93. The SMILES string of the molecule is CCc1cccc(NC(=O)NC(C)CC(O)c2ccco2)c1. The Morgan fingerprint density at radius 2 is 2.14 bits per heavy atom. The third-order valence-corrected chi connectivity index (χ3v) is 3.42. The summed E-state index contributed by atoms with van der Waals surface area (Å²) in [6.07, 6.45) is 2.09. The van der Waals surface area contributed by atoms with Gasteiger partial charge in [0.1, 0.15) is 11.9 Å². The second-order valence-corrected chi connectivity index (χ2v) is 5.32. The first-order valence-electron chi connectivity index (χ1n) is 7.46. The number of hydrogen-bond donors (Lipinski definition) is 3. The van der Waals surface area contributed by atoms with Gasteiger partial charge in [-0.25, -0.2) is 4.79 Å². The first-order chi connectivity index (χ1) is 10.6. The van der Waals surface area contributed by atoms with Gasteiger partial charge in [-0.2, -0.15) is 0 Å². The van der Waals surface area contributed by atoms with Crippen molar-refractivity contribution in [3.63, 3.8) is 0 Å². The number of furan rings is 1. The lowest BCUT2D eigenvalue weighted by Gasteiger charge is -2.17. The van der Waals surface area contributed by atoms with Gasteiger partial charge in [0.05, 0.1) is 6.26 Å². The van der Waals surface area contributed by atoms with Gasteiger partial charge in [0.2, 0.25) is 0 Å². The second-order valence-electron chi connectivity index (χ2n) is 5.32. The zero-order valence-corrected chi connectivity index (χ0v) is 12.9. The molecule has 5 heteroatoms. The van der Waals surface area contributed by atoms with Crippen molar-refractivity contribution in [2.24, 2.45) is 0 Å². The summed E-state index contributed by atoms with van der Waals surface area (Å²) in [5.74, 6) is 0.504. The maximum absolute atomic E-state index is 12.0. The number of urea groups is 1. The van der Waals surface area contributed by atoms with Crippen molar-refractivity contribution in [3.8, 4) is 0 Å². The monoisotopic (exact) mass is 302 g/mol. The van der Waals surface area contributed by atoms with Crippen molar-refractivity contribution in [1.29, 1.82) is 0 Å². The van der Waals surface area contributed by atoms with Crippen LogP contribution in [0.4, 0.5) is 10.5 Å². The minimum atomic E-state index is -0.728. The van der Waals surface area contributed by atoms with E-state index in [-0.39, 0.29) is 12.1 Å². The molecule has 0 radical (unpaired) electrons. The first-order valence-corrected chi connectivity index (χ1v) is 7.46. The van der Waals surface area contributed by atoms with E-state index in [4.69, 9.17) is 4.42 Å². The molecule has 2 aromatic rings. The maximum atomic E-state index is 12.0. The fourth-order valence-electron chi connectivity index (χ4n) is 2.25. The molecule has 0 fully saturated rings. The largest absolute Gasteiger partial charge is 0.467 e. The van der Waals surface area contributed by atoms with E-state index >= 15 is 0 Å². The number of benzene rings is 1. The molecular weight excluding hydrogens is 280 g/mol. The highest BCUT2D eigenvalue weighted by Crippen LogP contribution is 2.18. The summed E-state index contributed by atoms with van der Waals surface area (Å²) in [4.78, 5) is 12.0. The van der Waals surface area contributed by atoms with Gasteiger partial charge in [0.25, 0.3) is 0 Å². The number of carbonyl (C=O) groups is 1. The van der Waals surface area contributed by atoms with E-state index in [9.17, 15) is 9.90 Å². The summed E-state index contributed by atoms with van der Waals surface area (Å²) in [7, 11) is 0. The van der Waals surface area contributed by atoms with E-state index in [2.05, 4.69) is 17.6 Å². The highest BCUT2D eigenvalue weighted by Gasteiger charge is 2.16. The van der Waals surface area contributed by atoms with E-state index in [0.29, 0.717) is 12.2 Å². The van der Waals surface area contributed by atoms with Crippen LogP contribution in [0.3, 0.4) is 0 Å². The highest BCUT2D eigenvalue weighted by atomic mass is 16.4. The molecule has 0 saturated carbocycles. The molecule has 2 amide bonds. The number of aliphatic hydroxyl groups is 1. The van der Waals surface area contributed by atoms with Gasteiger partial charge in [-0.1, -0.05) is 19.1 Å². The molecule has 0 aliphatic carbocycles. The van der Waals surface area contributed by atoms with Crippen LogP contribution >= 0.6 is 0 Å². The number of aryl methyl sites for hydroxylation is 1. The number of aliphatic hydroxyl groups excluding tert-OH is 1. The number of carbonyl (C=O) groups excluding carboxylic acids is 1. The molecule has 1 heterocycles. The Hall–Kier alpha value is -2.27. The summed E-state index contributed by atoms with van der Waals surface area (Å²) in [6, 6.07) is 10.7. The normalized spacial score (nSPS) is 13.4. The summed E-state index contributed by atoms with van der Waals surface area (Å²) >= 11 is 0. The summed E-state index contributed by atoms with van der Waals surface area (Å²) < 4.78 is 5.14. The third kappa shape index (κ3) is 4.63. The van der Waals surface area contributed by atoms with Crippen LogP contribution in [0, 0.1) is 0 Å². The van der Waals surface area contributed by atoms with Crippen LogP contribution in [0.2, 0.25) is 0 Å². The standard InChI is InChI=1S/C17H22N2O3/c1-3-13-6-4-7-14(11-13)19-17(21)18-12(2)10-15(20)16-8-5-9-22-16/h4-9,11-12,15,20H,3,10H2,1-2H3,(H2,18,19,21). The third-order valence-electron chi connectivity index (χ3n) is 3.42. The summed E-state index contributed by atoms with van der Waals surface area (Å²) in [6.45, 7) is 3.91. The molecule has 118 valence electrons. The molecule has 0 saturated heterocycles. The van der Waals surface area contributed by atoms with Crippen LogP contribution in [-0.2, 0) is 6.42 Å². The molecule has 3 N–H and O–H groups in total. The zero-order valence-electron chi connectivity index (χ0n) is 12.9. The quantitative estimate of drug-likeness (QED) is 0.765. The van der Waals surface area contributed by atoms with Gasteiger partial charge < -0.3 is 20.2 Å². The van der Waals surface area contributed by atoms with E-state index in [1.807, 2.05) is 31.2 Å². The molecule has 22 heavy (non-hydrogen) atoms. The first kappa shape index (κ1) is 16.1. The van der Waals surface area contributed by atoms with Crippen molar-refractivity contribution < 1.29 is 14.3 Å². The Labute approximate surface area is 130 Å². The number of amides is 2. The van der Waals surface area contributed by atoms with Gasteiger partial charge in [0, 0.05) is 18.2 Å². The predicted octanol–water partition coefficient (Wildman–Crippen LogP) is 3.48. The molecule has 2 atom stereocenters. The Balaban J connectivity index is 1.83. The molecule has 0 bridgehead atoms. The Morgan fingerprint density at radius 3 is 2.82 bits per heavy atom. The van der Waals surface area contributed by atoms with Crippen LogP contribution in [0.15, 0.2) is 47.1 Å². The maximum Gasteiger partial charge on any atom is 0.319 e. The van der Waals surface area contributed by atoms with E-state index in [0.717, 1.165) is 12.1 Å². The smallest absolute Gasteiger partial charge is 0.319 e. The van der Waals surface area contributed by atoms with E-state index < -0.39 is 6.10 Å². The average Bonchev–Trinajstić information content (AvgIpc) is 3.01. The van der Waals surface area contributed by atoms with Gasteiger partial charge in [-0.05, 0) is 43.2 Å². The Kier molecular flexibility index (Phi) is 5.61. The molecular formula is C17H22N2O3. The molecule has 1 aromatic heterocycles. The number of hydrogen-bond acceptors (Lipinski definition) is 3. The molecule has 0 aliphatic rings. The molecule has 2 rings (SSSR count). The average molecular weight is 302 g/mol. The lowest BCUT2D eigenvalue weighted by Crippen LogP contribution is -2.37. The number of anilines is 1. The predicted molar refractivity (Wildman–Crippen MR) is 85.7 cm³/mol.